The molecular weight excluding hydrogens is 512 g/mol. The average molecular weight is 557 g/mol. The van der Waals surface area contributed by atoms with Gasteiger partial charge in [-0.05, 0) is 41.8 Å². The molecule has 3 aliphatic rings. The van der Waals surface area contributed by atoms with Crippen molar-refractivity contribution < 1.29 is 33.5 Å². The van der Waals surface area contributed by atoms with Crippen LogP contribution in [0.4, 0.5) is 5.69 Å². The molecule has 3 aliphatic heterocycles. The van der Waals surface area contributed by atoms with Crippen molar-refractivity contribution in [1.29, 1.82) is 0 Å². The minimum atomic E-state index is -0.850. The molecule has 0 saturated carbocycles. The van der Waals surface area contributed by atoms with Crippen molar-refractivity contribution in [3.63, 3.8) is 0 Å². The Morgan fingerprint density at radius 1 is 1.00 bits per heavy atom. The van der Waals surface area contributed by atoms with Crippen molar-refractivity contribution in [2.75, 3.05) is 78.3 Å². The van der Waals surface area contributed by atoms with Gasteiger partial charge in [0.2, 0.25) is 0 Å². The molecule has 220 valence electrons. The molecule has 0 spiro atoms. The minimum Gasteiger partial charge on any atom is -0.497 e. The fourth-order valence-electron chi connectivity index (χ4n) is 5.84. The fraction of sp³-hybridized carbons (Fsp3) is 0.613. The van der Waals surface area contributed by atoms with Crippen LogP contribution in [0.3, 0.4) is 0 Å². The molecule has 2 saturated heterocycles. The molecule has 9 heteroatoms. The second-order valence-corrected chi connectivity index (χ2v) is 11.0. The van der Waals surface area contributed by atoms with Crippen LogP contribution in [0.15, 0.2) is 42.5 Å². The van der Waals surface area contributed by atoms with Crippen molar-refractivity contribution >= 4 is 5.69 Å². The van der Waals surface area contributed by atoms with Crippen LogP contribution >= 0.6 is 0 Å². The first-order chi connectivity index (χ1) is 19.6. The third kappa shape index (κ3) is 7.26. The van der Waals surface area contributed by atoms with Crippen LogP contribution in [0, 0.1) is 0 Å². The Morgan fingerprint density at radius 3 is 2.52 bits per heavy atom. The van der Waals surface area contributed by atoms with E-state index in [0.29, 0.717) is 52.4 Å². The van der Waals surface area contributed by atoms with Crippen LogP contribution in [-0.4, -0.2) is 96.3 Å². The maximum Gasteiger partial charge on any atom is 0.142 e. The monoisotopic (exact) mass is 556 g/mol. The Morgan fingerprint density at radius 2 is 1.77 bits per heavy atom. The number of fused-ring (bicyclic) bond motifs is 1. The summed E-state index contributed by atoms with van der Waals surface area (Å²) in [6.45, 7) is 6.52. The number of anilines is 1. The van der Waals surface area contributed by atoms with Crippen molar-refractivity contribution in [2.45, 2.75) is 49.6 Å². The predicted octanol–water partition coefficient (Wildman–Crippen LogP) is 3.13. The molecule has 40 heavy (non-hydrogen) atoms. The lowest BCUT2D eigenvalue weighted by molar-refractivity contribution is -0.137. The number of benzene rings is 2. The lowest BCUT2D eigenvalue weighted by Gasteiger charge is -2.41. The number of aliphatic hydroxyl groups is 1. The minimum absolute atomic E-state index is 0.00194. The Labute approximate surface area is 237 Å². The highest BCUT2D eigenvalue weighted by molar-refractivity contribution is 5.61. The van der Waals surface area contributed by atoms with Gasteiger partial charge in [0.25, 0.3) is 0 Å². The molecule has 3 heterocycles. The van der Waals surface area contributed by atoms with Crippen LogP contribution in [0.25, 0.3) is 0 Å². The Hall–Kier alpha value is -2.40. The smallest absolute Gasteiger partial charge is 0.142 e. The van der Waals surface area contributed by atoms with Crippen LogP contribution in [0.1, 0.15) is 36.3 Å². The maximum absolute atomic E-state index is 11.0. The standard InChI is InChI=1S/C31H44N2O7/c1-35-14-3-12-33-13-17-38-27-9-4-23(18-26(27)33)21-39-28-19-32-20-29(40-22-31(34)10-15-37-16-11-31)30(28)24-5-7-25(36-2)8-6-24/h4-9,18,28-30,32,34H,3,10-17,19-22H2,1-2H3/t28-,29+,30?/m0/s1. The molecular formula is C31H44N2O7. The molecule has 0 radical (unpaired) electrons. The Balaban J connectivity index is 1.30. The van der Waals surface area contributed by atoms with Crippen molar-refractivity contribution in [1.82, 2.24) is 5.32 Å². The zero-order valence-electron chi connectivity index (χ0n) is 23.8. The molecule has 9 nitrogen and oxygen atoms in total. The Bertz CT molecular complexity index is 1060. The maximum atomic E-state index is 11.0. The van der Waals surface area contributed by atoms with Gasteiger partial charge < -0.3 is 43.7 Å². The summed E-state index contributed by atoms with van der Waals surface area (Å²) in [6, 6.07) is 14.5. The van der Waals surface area contributed by atoms with Crippen LogP contribution in [0.5, 0.6) is 11.5 Å². The van der Waals surface area contributed by atoms with E-state index in [1.54, 1.807) is 14.2 Å². The molecule has 0 bridgehead atoms. The Kier molecular flexibility index (Phi) is 10.2. The summed E-state index contributed by atoms with van der Waals surface area (Å²) in [5, 5.41) is 14.5. The van der Waals surface area contributed by atoms with Gasteiger partial charge >= 0.3 is 0 Å². The van der Waals surface area contributed by atoms with E-state index in [2.05, 4.69) is 40.5 Å². The highest BCUT2D eigenvalue weighted by atomic mass is 16.5. The van der Waals surface area contributed by atoms with Crippen LogP contribution in [0.2, 0.25) is 0 Å². The second kappa shape index (κ2) is 14.0. The number of nitrogens with one attached hydrogen (secondary N) is 1. The molecule has 0 aromatic heterocycles. The van der Waals surface area contributed by atoms with Gasteiger partial charge in [0.05, 0.1) is 50.4 Å². The van der Waals surface area contributed by atoms with E-state index in [1.807, 2.05) is 12.1 Å². The predicted molar refractivity (Wildman–Crippen MR) is 153 cm³/mol. The zero-order chi connectivity index (χ0) is 27.8. The van der Waals surface area contributed by atoms with E-state index in [0.717, 1.165) is 54.4 Å². The second-order valence-electron chi connectivity index (χ2n) is 11.0. The molecule has 5 rings (SSSR count). The van der Waals surface area contributed by atoms with Crippen molar-refractivity contribution in [3.8, 4) is 11.5 Å². The van der Waals surface area contributed by atoms with Gasteiger partial charge in [0.1, 0.15) is 18.1 Å². The largest absolute Gasteiger partial charge is 0.497 e. The van der Waals surface area contributed by atoms with Crippen LogP contribution < -0.4 is 19.7 Å². The summed E-state index contributed by atoms with van der Waals surface area (Å²) < 4.78 is 35.1. The number of rotatable bonds is 12. The molecule has 2 fully saturated rings. The average Bonchev–Trinajstić information content (AvgIpc) is 2.99. The fourth-order valence-corrected chi connectivity index (χ4v) is 5.84. The number of methoxy groups -OCH3 is 2. The topological polar surface area (TPSA) is 90.9 Å². The summed E-state index contributed by atoms with van der Waals surface area (Å²) in [5.41, 5.74) is 2.51. The van der Waals surface area contributed by atoms with Gasteiger partial charge in [0.15, 0.2) is 0 Å². The molecule has 0 amide bonds. The van der Waals surface area contributed by atoms with Crippen molar-refractivity contribution in [3.05, 3.63) is 53.6 Å². The van der Waals surface area contributed by atoms with Crippen LogP contribution in [-0.2, 0) is 25.6 Å². The lowest BCUT2D eigenvalue weighted by Crippen LogP contribution is -2.52. The molecule has 3 atom stereocenters. The van der Waals surface area contributed by atoms with E-state index >= 15 is 0 Å². The summed E-state index contributed by atoms with van der Waals surface area (Å²) in [5.74, 6) is 1.74. The number of hydrogen-bond acceptors (Lipinski definition) is 9. The molecule has 2 aromatic rings. The first-order valence-electron chi connectivity index (χ1n) is 14.5. The summed E-state index contributed by atoms with van der Waals surface area (Å²) in [4.78, 5) is 2.37. The van der Waals surface area contributed by atoms with E-state index < -0.39 is 5.60 Å². The third-order valence-corrected chi connectivity index (χ3v) is 8.21. The molecule has 2 aromatic carbocycles. The van der Waals surface area contributed by atoms with Gasteiger partial charge in [-0.15, -0.1) is 0 Å². The number of hydrogen-bond donors (Lipinski definition) is 2. The van der Waals surface area contributed by atoms with Gasteiger partial charge in [-0.3, -0.25) is 0 Å². The molecule has 2 N–H and O–H groups in total. The van der Waals surface area contributed by atoms with Gasteiger partial charge in [-0.25, -0.2) is 0 Å². The quantitative estimate of drug-likeness (QED) is 0.383. The molecule has 0 aliphatic carbocycles. The summed E-state index contributed by atoms with van der Waals surface area (Å²) in [6.07, 6.45) is 1.89. The van der Waals surface area contributed by atoms with Gasteiger partial charge in [-0.1, -0.05) is 18.2 Å². The molecule has 1 unspecified atom stereocenters. The highest BCUT2D eigenvalue weighted by Gasteiger charge is 2.39. The number of piperidine rings is 1. The normalized spacial score (nSPS) is 24.3. The number of nitrogens with zero attached hydrogens (tertiary/aromatic N) is 1. The summed E-state index contributed by atoms with van der Waals surface area (Å²) in [7, 11) is 3.42. The van der Waals surface area contributed by atoms with E-state index in [9.17, 15) is 5.11 Å². The van der Waals surface area contributed by atoms with E-state index in [1.165, 1.54) is 0 Å². The SMILES string of the molecule is COCCCN1CCOc2ccc(CO[C@H]3CNC[C@@H](OCC4(O)CCOCC4)C3c3ccc(OC)cc3)cc21. The third-order valence-electron chi connectivity index (χ3n) is 8.21. The van der Waals surface area contributed by atoms with Gasteiger partial charge in [-0.2, -0.15) is 0 Å². The highest BCUT2D eigenvalue weighted by Crippen LogP contribution is 2.35. The van der Waals surface area contributed by atoms with Gasteiger partial charge in [0, 0.05) is 65.3 Å². The van der Waals surface area contributed by atoms with E-state index in [-0.39, 0.29) is 24.7 Å². The first kappa shape index (κ1) is 29.1. The summed E-state index contributed by atoms with van der Waals surface area (Å²) >= 11 is 0. The van der Waals surface area contributed by atoms with E-state index in [4.69, 9.17) is 28.4 Å². The lowest BCUT2D eigenvalue weighted by atomic mass is 9.85. The zero-order valence-corrected chi connectivity index (χ0v) is 23.8. The van der Waals surface area contributed by atoms with Crippen molar-refractivity contribution in [2.24, 2.45) is 0 Å². The number of ether oxygens (including phenoxy) is 6. The first-order valence-corrected chi connectivity index (χ1v) is 14.5.